The highest BCUT2D eigenvalue weighted by Gasteiger charge is 2.17. The fraction of sp³-hybridized carbons (Fsp3) is 1.00. The number of ether oxygens (including phenoxy) is 1. The van der Waals surface area contributed by atoms with Gasteiger partial charge in [0.05, 0.1) is 12.2 Å². The van der Waals surface area contributed by atoms with Gasteiger partial charge in [0.1, 0.15) is 0 Å². The van der Waals surface area contributed by atoms with Crippen molar-refractivity contribution in [2.45, 2.75) is 95.8 Å². The molecule has 2 aliphatic carbocycles. The highest BCUT2D eigenvalue weighted by atomic mass is 16.5. The van der Waals surface area contributed by atoms with Gasteiger partial charge >= 0.3 is 0 Å². The van der Waals surface area contributed by atoms with Crippen LogP contribution in [0.5, 0.6) is 0 Å². The monoisotopic (exact) mass is 253 g/mol. The van der Waals surface area contributed by atoms with E-state index in [2.05, 4.69) is 12.2 Å². The van der Waals surface area contributed by atoms with Gasteiger partial charge in [-0.2, -0.15) is 0 Å². The third-order valence-electron chi connectivity index (χ3n) is 4.53. The molecule has 0 aromatic rings. The first-order valence-electron chi connectivity index (χ1n) is 8.23. The van der Waals surface area contributed by atoms with Crippen LogP contribution in [0.15, 0.2) is 0 Å². The van der Waals surface area contributed by atoms with Crippen LogP contribution < -0.4 is 5.32 Å². The quantitative estimate of drug-likeness (QED) is 0.747. The number of rotatable bonds is 5. The Bertz CT molecular complexity index is 205. The molecule has 2 rings (SSSR count). The van der Waals surface area contributed by atoms with Gasteiger partial charge in [-0.1, -0.05) is 44.9 Å². The molecule has 1 unspecified atom stereocenters. The topological polar surface area (TPSA) is 21.3 Å². The van der Waals surface area contributed by atoms with Gasteiger partial charge in [-0.15, -0.1) is 0 Å². The lowest BCUT2D eigenvalue weighted by molar-refractivity contribution is -0.0103. The lowest BCUT2D eigenvalue weighted by Gasteiger charge is -2.26. The van der Waals surface area contributed by atoms with Crippen LogP contribution >= 0.6 is 0 Å². The predicted octanol–water partition coefficient (Wildman–Crippen LogP) is 4.04. The summed E-state index contributed by atoms with van der Waals surface area (Å²) >= 11 is 0. The zero-order valence-corrected chi connectivity index (χ0v) is 12.1. The maximum absolute atomic E-state index is 6.20. The standard InChI is InChI=1S/C16H31NO/c1-14(13-17-15-9-5-4-6-10-15)18-16-11-7-2-3-8-12-16/h14-17H,2-13H2,1H3. The van der Waals surface area contributed by atoms with E-state index in [0.717, 1.165) is 12.6 Å². The average Bonchev–Trinajstić information content (AvgIpc) is 2.66. The fourth-order valence-corrected chi connectivity index (χ4v) is 3.39. The summed E-state index contributed by atoms with van der Waals surface area (Å²) in [6.07, 6.45) is 16.1. The van der Waals surface area contributed by atoms with E-state index in [1.807, 2.05) is 0 Å². The first-order chi connectivity index (χ1) is 8.84. The highest BCUT2D eigenvalue weighted by Crippen LogP contribution is 2.21. The number of nitrogens with one attached hydrogen (secondary N) is 1. The molecule has 0 saturated heterocycles. The molecule has 0 heterocycles. The zero-order valence-electron chi connectivity index (χ0n) is 12.1. The molecule has 2 saturated carbocycles. The molecule has 0 amide bonds. The summed E-state index contributed by atoms with van der Waals surface area (Å²) in [4.78, 5) is 0. The Balaban J connectivity index is 1.59. The highest BCUT2D eigenvalue weighted by molar-refractivity contribution is 4.74. The van der Waals surface area contributed by atoms with Crippen molar-refractivity contribution in [2.24, 2.45) is 0 Å². The summed E-state index contributed by atoms with van der Waals surface area (Å²) in [7, 11) is 0. The minimum atomic E-state index is 0.384. The minimum Gasteiger partial charge on any atom is -0.374 e. The lowest BCUT2D eigenvalue weighted by atomic mass is 9.95. The normalized spacial score (nSPS) is 25.8. The van der Waals surface area contributed by atoms with Crippen molar-refractivity contribution in [1.82, 2.24) is 5.32 Å². The van der Waals surface area contributed by atoms with Gasteiger partial charge in [-0.3, -0.25) is 0 Å². The summed E-state index contributed by atoms with van der Waals surface area (Å²) in [5.41, 5.74) is 0. The molecule has 0 aromatic carbocycles. The van der Waals surface area contributed by atoms with Gasteiger partial charge in [0.25, 0.3) is 0 Å². The van der Waals surface area contributed by atoms with E-state index in [1.54, 1.807) is 0 Å². The Kier molecular flexibility index (Phi) is 6.50. The van der Waals surface area contributed by atoms with Crippen LogP contribution in [0.2, 0.25) is 0 Å². The van der Waals surface area contributed by atoms with E-state index in [1.165, 1.54) is 70.6 Å². The van der Waals surface area contributed by atoms with Crippen molar-refractivity contribution in [2.75, 3.05) is 6.54 Å². The van der Waals surface area contributed by atoms with Crippen LogP contribution in [-0.2, 0) is 4.74 Å². The van der Waals surface area contributed by atoms with Crippen LogP contribution in [0.4, 0.5) is 0 Å². The van der Waals surface area contributed by atoms with Gasteiger partial charge in [0.15, 0.2) is 0 Å². The molecular weight excluding hydrogens is 222 g/mol. The van der Waals surface area contributed by atoms with E-state index < -0.39 is 0 Å². The third-order valence-corrected chi connectivity index (χ3v) is 4.53. The Morgan fingerprint density at radius 1 is 0.889 bits per heavy atom. The van der Waals surface area contributed by atoms with Crippen molar-refractivity contribution < 1.29 is 4.74 Å². The second-order valence-corrected chi connectivity index (χ2v) is 6.30. The van der Waals surface area contributed by atoms with E-state index in [9.17, 15) is 0 Å². The molecule has 0 aliphatic heterocycles. The first kappa shape index (κ1) is 14.3. The largest absolute Gasteiger partial charge is 0.374 e. The number of hydrogen-bond donors (Lipinski definition) is 1. The SMILES string of the molecule is CC(CNC1CCCCC1)OC1CCCCCC1. The average molecular weight is 253 g/mol. The molecule has 2 fully saturated rings. The molecule has 0 bridgehead atoms. The van der Waals surface area contributed by atoms with E-state index >= 15 is 0 Å². The summed E-state index contributed by atoms with van der Waals surface area (Å²) < 4.78 is 6.20. The van der Waals surface area contributed by atoms with Gasteiger partial charge in [0.2, 0.25) is 0 Å². The van der Waals surface area contributed by atoms with E-state index in [4.69, 9.17) is 4.74 Å². The molecule has 2 aliphatic rings. The summed E-state index contributed by atoms with van der Waals surface area (Å²) in [5.74, 6) is 0. The van der Waals surface area contributed by atoms with E-state index in [0.29, 0.717) is 12.2 Å². The van der Waals surface area contributed by atoms with Crippen molar-refractivity contribution in [1.29, 1.82) is 0 Å². The fourth-order valence-electron chi connectivity index (χ4n) is 3.39. The second kappa shape index (κ2) is 8.16. The van der Waals surface area contributed by atoms with Crippen LogP contribution in [0.25, 0.3) is 0 Å². The first-order valence-corrected chi connectivity index (χ1v) is 8.23. The van der Waals surface area contributed by atoms with Gasteiger partial charge in [0, 0.05) is 12.6 Å². The third kappa shape index (κ3) is 5.27. The molecule has 2 heteroatoms. The maximum Gasteiger partial charge on any atom is 0.0675 e. The Hall–Kier alpha value is -0.0800. The summed E-state index contributed by atoms with van der Waals surface area (Å²) in [6, 6.07) is 0.763. The van der Waals surface area contributed by atoms with Crippen LogP contribution in [0.3, 0.4) is 0 Å². The molecule has 106 valence electrons. The molecular formula is C16H31NO. The maximum atomic E-state index is 6.20. The summed E-state index contributed by atoms with van der Waals surface area (Å²) in [6.45, 7) is 3.28. The molecule has 1 N–H and O–H groups in total. The van der Waals surface area contributed by atoms with Crippen molar-refractivity contribution in [3.05, 3.63) is 0 Å². The van der Waals surface area contributed by atoms with Crippen LogP contribution in [-0.4, -0.2) is 24.8 Å². The van der Waals surface area contributed by atoms with Gasteiger partial charge < -0.3 is 10.1 Å². The minimum absolute atomic E-state index is 0.384. The Labute approximate surface area is 113 Å². The van der Waals surface area contributed by atoms with Crippen LogP contribution in [0, 0.1) is 0 Å². The Morgan fingerprint density at radius 3 is 2.11 bits per heavy atom. The van der Waals surface area contributed by atoms with Crippen LogP contribution in [0.1, 0.15) is 77.6 Å². The Morgan fingerprint density at radius 2 is 1.44 bits per heavy atom. The van der Waals surface area contributed by atoms with Crippen molar-refractivity contribution in [3.8, 4) is 0 Å². The molecule has 18 heavy (non-hydrogen) atoms. The van der Waals surface area contributed by atoms with E-state index in [-0.39, 0.29) is 0 Å². The van der Waals surface area contributed by atoms with Crippen molar-refractivity contribution in [3.63, 3.8) is 0 Å². The van der Waals surface area contributed by atoms with Gasteiger partial charge in [-0.25, -0.2) is 0 Å². The zero-order chi connectivity index (χ0) is 12.6. The number of hydrogen-bond acceptors (Lipinski definition) is 2. The molecule has 1 atom stereocenters. The van der Waals surface area contributed by atoms with Gasteiger partial charge in [-0.05, 0) is 32.6 Å². The summed E-state index contributed by atoms with van der Waals surface area (Å²) in [5, 5.41) is 3.70. The lowest BCUT2D eigenvalue weighted by Crippen LogP contribution is -2.38. The second-order valence-electron chi connectivity index (χ2n) is 6.30. The molecule has 0 spiro atoms. The molecule has 0 aromatic heterocycles. The predicted molar refractivity (Wildman–Crippen MR) is 76.9 cm³/mol. The molecule has 0 radical (unpaired) electrons. The smallest absolute Gasteiger partial charge is 0.0675 e. The molecule has 2 nitrogen and oxygen atoms in total. The van der Waals surface area contributed by atoms with Crippen molar-refractivity contribution >= 4 is 0 Å².